The van der Waals surface area contributed by atoms with Crippen molar-refractivity contribution in [3.63, 3.8) is 0 Å². The van der Waals surface area contributed by atoms with Crippen molar-refractivity contribution in [2.24, 2.45) is 5.41 Å². The van der Waals surface area contributed by atoms with E-state index in [2.05, 4.69) is 5.32 Å². The number of amides is 1. The van der Waals surface area contributed by atoms with Crippen molar-refractivity contribution in [1.29, 1.82) is 0 Å². The molecule has 5 heteroatoms. The van der Waals surface area contributed by atoms with Gasteiger partial charge in [0, 0.05) is 0 Å². The number of ether oxygens (including phenoxy) is 1. The molecular formula is C19H21NO4. The first-order valence-electron chi connectivity index (χ1n) is 7.67. The average molecular weight is 327 g/mol. The van der Waals surface area contributed by atoms with Crippen molar-refractivity contribution >= 4 is 12.1 Å². The van der Waals surface area contributed by atoms with E-state index in [-0.39, 0.29) is 6.61 Å². The summed E-state index contributed by atoms with van der Waals surface area (Å²) < 4.78 is 5.21. The Bertz CT molecular complexity index is 683. The highest BCUT2D eigenvalue weighted by atomic mass is 16.5. The minimum absolute atomic E-state index is 0.127. The van der Waals surface area contributed by atoms with Crippen LogP contribution in [0, 0.1) is 5.41 Å². The molecule has 24 heavy (non-hydrogen) atoms. The molecule has 5 nitrogen and oxygen atoms in total. The Kier molecular flexibility index (Phi) is 5.58. The standard InChI is InChI=1S/C19H21NO4/c1-19(2,17(21)22)16(15-11-7-4-8-12-15)20-18(23)24-13-14-9-5-3-6-10-14/h3-12,16H,13H2,1-2H3,(H,20,23)(H,21,22)/t16-/m0/s1. The van der Waals surface area contributed by atoms with E-state index in [0.717, 1.165) is 5.56 Å². The van der Waals surface area contributed by atoms with E-state index in [1.807, 2.05) is 36.4 Å². The number of hydrogen-bond donors (Lipinski definition) is 2. The van der Waals surface area contributed by atoms with Crippen LogP contribution in [-0.2, 0) is 16.1 Å². The molecule has 0 aromatic heterocycles. The molecule has 0 aliphatic carbocycles. The van der Waals surface area contributed by atoms with Gasteiger partial charge >= 0.3 is 12.1 Å². The maximum Gasteiger partial charge on any atom is 0.407 e. The molecule has 0 heterocycles. The Morgan fingerprint density at radius 3 is 2.12 bits per heavy atom. The summed E-state index contributed by atoms with van der Waals surface area (Å²) in [5.41, 5.74) is 0.385. The normalized spacial score (nSPS) is 12.2. The number of nitrogens with one attached hydrogen (secondary N) is 1. The summed E-state index contributed by atoms with van der Waals surface area (Å²) in [5, 5.41) is 12.2. The fourth-order valence-corrected chi connectivity index (χ4v) is 2.33. The van der Waals surface area contributed by atoms with Crippen LogP contribution in [0.2, 0.25) is 0 Å². The van der Waals surface area contributed by atoms with Crippen molar-refractivity contribution in [3.8, 4) is 0 Å². The lowest BCUT2D eigenvalue weighted by atomic mass is 9.80. The van der Waals surface area contributed by atoms with Crippen LogP contribution in [-0.4, -0.2) is 17.2 Å². The largest absolute Gasteiger partial charge is 0.481 e. The van der Waals surface area contributed by atoms with E-state index in [1.165, 1.54) is 0 Å². The van der Waals surface area contributed by atoms with Gasteiger partial charge in [0.15, 0.2) is 0 Å². The lowest BCUT2D eigenvalue weighted by Crippen LogP contribution is -2.42. The molecule has 0 unspecified atom stereocenters. The summed E-state index contributed by atoms with van der Waals surface area (Å²) in [6, 6.07) is 17.6. The molecule has 2 aromatic rings. The molecule has 0 aliphatic rings. The van der Waals surface area contributed by atoms with Gasteiger partial charge in [0.2, 0.25) is 0 Å². The number of rotatable bonds is 6. The molecule has 1 atom stereocenters. The van der Waals surface area contributed by atoms with Gasteiger partial charge in [-0.3, -0.25) is 4.79 Å². The molecule has 0 bridgehead atoms. The van der Waals surface area contributed by atoms with Crippen molar-refractivity contribution in [2.45, 2.75) is 26.5 Å². The highest BCUT2D eigenvalue weighted by Crippen LogP contribution is 2.33. The van der Waals surface area contributed by atoms with Crippen LogP contribution >= 0.6 is 0 Å². The summed E-state index contributed by atoms with van der Waals surface area (Å²) in [6.45, 7) is 3.27. The van der Waals surface area contributed by atoms with Crippen LogP contribution in [0.25, 0.3) is 0 Å². The van der Waals surface area contributed by atoms with Gasteiger partial charge in [-0.2, -0.15) is 0 Å². The number of carboxylic acids is 1. The van der Waals surface area contributed by atoms with E-state index in [0.29, 0.717) is 5.56 Å². The molecule has 0 radical (unpaired) electrons. The van der Waals surface area contributed by atoms with Crippen LogP contribution in [0.3, 0.4) is 0 Å². The lowest BCUT2D eigenvalue weighted by molar-refractivity contribution is -0.148. The Balaban J connectivity index is 2.11. The number of carboxylic acid groups (broad SMARTS) is 1. The van der Waals surface area contributed by atoms with Gasteiger partial charge in [-0.15, -0.1) is 0 Å². The smallest absolute Gasteiger partial charge is 0.407 e. The monoisotopic (exact) mass is 327 g/mol. The fraction of sp³-hybridized carbons (Fsp3) is 0.263. The number of benzene rings is 2. The summed E-state index contributed by atoms with van der Waals surface area (Å²) in [4.78, 5) is 23.7. The highest BCUT2D eigenvalue weighted by Gasteiger charge is 2.39. The third-order valence-electron chi connectivity index (χ3n) is 3.88. The van der Waals surface area contributed by atoms with Crippen molar-refractivity contribution in [1.82, 2.24) is 5.32 Å². The molecule has 0 saturated carbocycles. The second kappa shape index (κ2) is 7.64. The van der Waals surface area contributed by atoms with Gasteiger partial charge in [0.05, 0.1) is 11.5 Å². The van der Waals surface area contributed by atoms with E-state index >= 15 is 0 Å². The Morgan fingerprint density at radius 2 is 1.58 bits per heavy atom. The van der Waals surface area contributed by atoms with Gasteiger partial charge < -0.3 is 15.2 Å². The van der Waals surface area contributed by atoms with Crippen molar-refractivity contribution in [3.05, 3.63) is 71.8 Å². The number of carbonyl (C=O) groups excluding carboxylic acids is 1. The number of hydrogen-bond acceptors (Lipinski definition) is 3. The van der Waals surface area contributed by atoms with E-state index < -0.39 is 23.5 Å². The predicted molar refractivity (Wildman–Crippen MR) is 90.4 cm³/mol. The molecule has 0 fully saturated rings. The van der Waals surface area contributed by atoms with Crippen LogP contribution in [0.15, 0.2) is 60.7 Å². The number of carbonyl (C=O) groups is 2. The van der Waals surface area contributed by atoms with Crippen molar-refractivity contribution < 1.29 is 19.4 Å². The minimum Gasteiger partial charge on any atom is -0.481 e. The Labute approximate surface area is 141 Å². The minimum atomic E-state index is -1.19. The van der Waals surface area contributed by atoms with Crippen LogP contribution in [0.4, 0.5) is 4.79 Å². The maximum atomic E-state index is 12.1. The fourth-order valence-electron chi connectivity index (χ4n) is 2.33. The summed E-state index contributed by atoms with van der Waals surface area (Å²) in [5.74, 6) is -1.00. The first-order valence-corrected chi connectivity index (χ1v) is 7.67. The van der Waals surface area contributed by atoms with Crippen LogP contribution < -0.4 is 5.32 Å². The zero-order chi connectivity index (χ0) is 17.6. The van der Waals surface area contributed by atoms with Crippen LogP contribution in [0.1, 0.15) is 31.0 Å². The molecule has 0 spiro atoms. The maximum absolute atomic E-state index is 12.1. The van der Waals surface area contributed by atoms with Gasteiger partial charge in [0.1, 0.15) is 6.61 Å². The summed E-state index contributed by atoms with van der Waals surface area (Å²) in [7, 11) is 0. The first-order chi connectivity index (χ1) is 11.4. The van der Waals surface area contributed by atoms with Gasteiger partial charge in [-0.1, -0.05) is 60.7 Å². The molecule has 1 amide bonds. The Morgan fingerprint density at radius 1 is 1.04 bits per heavy atom. The zero-order valence-electron chi connectivity index (χ0n) is 13.7. The highest BCUT2D eigenvalue weighted by molar-refractivity contribution is 5.77. The van der Waals surface area contributed by atoms with E-state index in [4.69, 9.17) is 4.74 Å². The zero-order valence-corrected chi connectivity index (χ0v) is 13.7. The average Bonchev–Trinajstić information content (AvgIpc) is 2.59. The number of alkyl carbamates (subject to hydrolysis) is 1. The molecule has 2 aromatic carbocycles. The summed E-state index contributed by atoms with van der Waals surface area (Å²) in [6.07, 6.45) is -0.651. The predicted octanol–water partition coefficient (Wildman–Crippen LogP) is 3.76. The van der Waals surface area contributed by atoms with Gasteiger partial charge in [-0.25, -0.2) is 4.79 Å². The molecular weight excluding hydrogens is 306 g/mol. The van der Waals surface area contributed by atoms with Gasteiger partial charge in [0.25, 0.3) is 0 Å². The number of aliphatic carboxylic acids is 1. The molecule has 0 aliphatic heterocycles. The van der Waals surface area contributed by atoms with E-state index in [1.54, 1.807) is 38.1 Å². The third-order valence-corrected chi connectivity index (χ3v) is 3.88. The lowest BCUT2D eigenvalue weighted by Gasteiger charge is -2.31. The van der Waals surface area contributed by atoms with Gasteiger partial charge in [-0.05, 0) is 25.0 Å². The van der Waals surface area contributed by atoms with Crippen LogP contribution in [0.5, 0.6) is 0 Å². The van der Waals surface area contributed by atoms with Crippen molar-refractivity contribution in [2.75, 3.05) is 0 Å². The molecule has 126 valence electrons. The first kappa shape index (κ1) is 17.5. The molecule has 0 saturated heterocycles. The summed E-state index contributed by atoms with van der Waals surface area (Å²) >= 11 is 0. The second-order valence-electron chi connectivity index (χ2n) is 6.08. The topological polar surface area (TPSA) is 75.6 Å². The van der Waals surface area contributed by atoms with E-state index in [9.17, 15) is 14.7 Å². The molecule has 2 rings (SSSR count). The SMILES string of the molecule is CC(C)(C(=O)O)[C@@H](NC(=O)OCc1ccccc1)c1ccccc1. The quantitative estimate of drug-likeness (QED) is 0.847. The molecule has 2 N–H and O–H groups in total. The third kappa shape index (κ3) is 4.35. The Hall–Kier alpha value is -2.82. The second-order valence-corrected chi connectivity index (χ2v) is 6.08.